The molecule has 0 unspecified atom stereocenters. The number of carbonyl (C=O) groups excluding carboxylic acids is 1. The minimum Gasteiger partial charge on any atom is -0.527 e. The first-order chi connectivity index (χ1) is 5.29. The summed E-state index contributed by atoms with van der Waals surface area (Å²) in [5.41, 5.74) is 0.497. The topological polar surface area (TPSA) is 64.8 Å². The molecule has 1 aromatic rings. The van der Waals surface area contributed by atoms with Crippen molar-refractivity contribution in [2.24, 2.45) is 10.2 Å². The summed E-state index contributed by atoms with van der Waals surface area (Å²) in [5.74, 6) is 0. The van der Waals surface area contributed by atoms with Crippen molar-refractivity contribution in [2.75, 3.05) is 0 Å². The Balaban J connectivity index is 0.00000121. The van der Waals surface area contributed by atoms with Crippen LogP contribution in [0.2, 0.25) is 0 Å². The van der Waals surface area contributed by atoms with E-state index in [0.29, 0.717) is 5.69 Å². The zero-order chi connectivity index (χ0) is 8.10. The first-order valence-corrected chi connectivity index (χ1v) is 2.97. The van der Waals surface area contributed by atoms with Crippen LogP contribution in [0.3, 0.4) is 0 Å². The molecule has 5 heteroatoms. The van der Waals surface area contributed by atoms with Gasteiger partial charge >= 0.3 is 29.6 Å². The Morgan fingerprint density at radius 3 is 2.33 bits per heavy atom. The van der Waals surface area contributed by atoms with E-state index in [-0.39, 0.29) is 29.6 Å². The van der Waals surface area contributed by atoms with Gasteiger partial charge in [0.1, 0.15) is 0 Å². The van der Waals surface area contributed by atoms with E-state index < -0.39 is 6.09 Å². The maximum Gasteiger partial charge on any atom is 1.00 e. The van der Waals surface area contributed by atoms with Crippen molar-refractivity contribution in [3.63, 3.8) is 0 Å². The second-order valence-electron chi connectivity index (χ2n) is 1.80. The van der Waals surface area contributed by atoms with Gasteiger partial charge in [-0.3, -0.25) is 0 Å². The molecule has 0 aliphatic carbocycles. The molecule has 0 aliphatic rings. The first-order valence-electron chi connectivity index (χ1n) is 2.97. The molecule has 56 valence electrons. The summed E-state index contributed by atoms with van der Waals surface area (Å²) in [6.07, 6.45) is -1.53. The third-order valence-corrected chi connectivity index (χ3v) is 1.00. The third kappa shape index (κ3) is 4.23. The van der Waals surface area contributed by atoms with E-state index in [0.717, 1.165) is 0 Å². The van der Waals surface area contributed by atoms with Gasteiger partial charge in [0.05, 0.1) is 5.69 Å². The number of hydrogen-bond donors (Lipinski definition) is 0. The Hall–Kier alpha value is -0.710. The van der Waals surface area contributed by atoms with Crippen LogP contribution in [0.25, 0.3) is 0 Å². The van der Waals surface area contributed by atoms with Crippen molar-refractivity contribution in [1.29, 1.82) is 0 Å². The average Bonchev–Trinajstić information content (AvgIpc) is 2.03. The molecule has 1 aromatic carbocycles. The van der Waals surface area contributed by atoms with Gasteiger partial charge in [-0.25, -0.2) is 0 Å². The van der Waals surface area contributed by atoms with Crippen molar-refractivity contribution in [3.8, 4) is 0 Å². The molecule has 1 amide bonds. The van der Waals surface area contributed by atoms with E-state index in [2.05, 4.69) is 10.2 Å². The van der Waals surface area contributed by atoms with Crippen LogP contribution in [0.15, 0.2) is 40.6 Å². The van der Waals surface area contributed by atoms with Gasteiger partial charge in [-0.15, -0.1) is 10.2 Å². The summed E-state index contributed by atoms with van der Waals surface area (Å²) in [6.45, 7) is 0. The van der Waals surface area contributed by atoms with Gasteiger partial charge in [0, 0.05) is 0 Å². The average molecular weight is 172 g/mol. The summed E-state index contributed by atoms with van der Waals surface area (Å²) in [7, 11) is 0. The monoisotopic (exact) mass is 172 g/mol. The van der Waals surface area contributed by atoms with E-state index in [1.165, 1.54) is 0 Å². The summed E-state index contributed by atoms with van der Waals surface area (Å²) in [5, 5.41) is 16.0. The third-order valence-electron chi connectivity index (χ3n) is 1.00. The summed E-state index contributed by atoms with van der Waals surface area (Å²) < 4.78 is 0. The number of nitrogens with zero attached hydrogens (tertiary/aromatic N) is 2. The van der Waals surface area contributed by atoms with Crippen LogP contribution < -0.4 is 34.7 Å². The molecule has 0 spiro atoms. The molecule has 0 bridgehead atoms. The molecular weight excluding hydrogens is 167 g/mol. The molecule has 0 saturated heterocycles. The summed E-state index contributed by atoms with van der Waals surface area (Å²) in [6, 6.07) is 8.57. The van der Waals surface area contributed by atoms with Crippen molar-refractivity contribution in [1.82, 2.24) is 0 Å². The predicted molar refractivity (Wildman–Crippen MR) is 36.4 cm³/mol. The fraction of sp³-hybridized carbons (Fsp3) is 0. The zero-order valence-corrected chi connectivity index (χ0v) is 8.60. The molecule has 0 aromatic heterocycles. The molecule has 0 aliphatic heterocycles. The molecule has 0 atom stereocenters. The number of hydrogen-bond acceptors (Lipinski definition) is 3. The first kappa shape index (κ1) is 11.3. The molecular formula is C7H5N2NaO2. The largest absolute Gasteiger partial charge is 1.00 e. The van der Waals surface area contributed by atoms with Crippen LogP contribution in [0.5, 0.6) is 0 Å². The maximum absolute atomic E-state index is 9.80. The maximum atomic E-state index is 9.80. The number of carbonyl (C=O) groups is 1. The fourth-order valence-corrected chi connectivity index (χ4v) is 0.593. The Labute approximate surface area is 91.6 Å². The molecule has 4 nitrogen and oxygen atoms in total. The minimum atomic E-state index is -1.53. The van der Waals surface area contributed by atoms with E-state index in [1.54, 1.807) is 30.3 Å². The molecule has 0 N–H and O–H groups in total. The predicted octanol–water partition coefficient (Wildman–Crippen LogP) is -1.88. The van der Waals surface area contributed by atoms with Gasteiger partial charge in [-0.2, -0.15) is 0 Å². The van der Waals surface area contributed by atoms with Crippen molar-refractivity contribution in [3.05, 3.63) is 30.3 Å². The Morgan fingerprint density at radius 2 is 1.83 bits per heavy atom. The van der Waals surface area contributed by atoms with E-state index in [1.807, 2.05) is 0 Å². The number of rotatable bonds is 1. The second kappa shape index (κ2) is 5.88. The number of amides is 1. The van der Waals surface area contributed by atoms with Gasteiger partial charge in [-0.1, -0.05) is 18.2 Å². The Morgan fingerprint density at radius 1 is 1.25 bits per heavy atom. The SMILES string of the molecule is O=C([O-])/N=N/c1ccccc1.[Na+]. The van der Waals surface area contributed by atoms with Crippen molar-refractivity contribution < 1.29 is 39.5 Å². The Kier molecular flexibility index (Phi) is 5.53. The molecule has 0 fully saturated rings. The second-order valence-corrected chi connectivity index (χ2v) is 1.80. The fourth-order valence-electron chi connectivity index (χ4n) is 0.593. The van der Waals surface area contributed by atoms with E-state index in [4.69, 9.17) is 0 Å². The van der Waals surface area contributed by atoms with E-state index in [9.17, 15) is 9.90 Å². The van der Waals surface area contributed by atoms with Gasteiger partial charge in [0.25, 0.3) is 0 Å². The van der Waals surface area contributed by atoms with Crippen LogP contribution in [0.1, 0.15) is 0 Å². The molecule has 0 radical (unpaired) electrons. The number of azo groups is 1. The van der Waals surface area contributed by atoms with Crippen LogP contribution >= 0.6 is 0 Å². The van der Waals surface area contributed by atoms with Crippen LogP contribution in [0.4, 0.5) is 10.5 Å². The molecule has 0 heterocycles. The summed E-state index contributed by atoms with van der Waals surface area (Å²) >= 11 is 0. The number of carboxylic acid groups (broad SMARTS) is 1. The van der Waals surface area contributed by atoms with Crippen molar-refractivity contribution >= 4 is 11.8 Å². The molecule has 1 rings (SSSR count). The normalized spacial score (nSPS) is 9.33. The Bertz CT molecular complexity index is 274. The van der Waals surface area contributed by atoms with Crippen LogP contribution in [-0.2, 0) is 0 Å². The van der Waals surface area contributed by atoms with Crippen LogP contribution in [-0.4, -0.2) is 6.09 Å². The zero-order valence-electron chi connectivity index (χ0n) is 6.60. The van der Waals surface area contributed by atoms with Crippen molar-refractivity contribution in [2.45, 2.75) is 0 Å². The van der Waals surface area contributed by atoms with Crippen LogP contribution in [0, 0.1) is 0 Å². The van der Waals surface area contributed by atoms with Gasteiger partial charge < -0.3 is 9.90 Å². The minimum absolute atomic E-state index is 0. The number of benzene rings is 1. The molecule has 0 saturated carbocycles. The van der Waals surface area contributed by atoms with Gasteiger partial charge in [0.15, 0.2) is 6.09 Å². The standard InChI is InChI=1S/C7H6N2O2.Na/c10-7(11)9-8-6-4-2-1-3-5-6;/h1-5H,(H,10,11);/q;+1/p-1/b9-8+;. The smallest absolute Gasteiger partial charge is 0.527 e. The quantitative estimate of drug-likeness (QED) is 0.367. The van der Waals surface area contributed by atoms with Gasteiger partial charge in [0.2, 0.25) is 0 Å². The van der Waals surface area contributed by atoms with E-state index >= 15 is 0 Å². The summed E-state index contributed by atoms with van der Waals surface area (Å²) in [4.78, 5) is 9.80. The van der Waals surface area contributed by atoms with Gasteiger partial charge in [-0.05, 0) is 12.1 Å². The molecule has 12 heavy (non-hydrogen) atoms.